The summed E-state index contributed by atoms with van der Waals surface area (Å²) in [7, 11) is -3.75. The van der Waals surface area contributed by atoms with Crippen LogP contribution in [-0.2, 0) is 19.6 Å². The quantitative estimate of drug-likeness (QED) is 0.712. The van der Waals surface area contributed by atoms with Gasteiger partial charge in [-0.25, -0.2) is 8.42 Å². The Kier molecular flexibility index (Phi) is 6.77. The van der Waals surface area contributed by atoms with E-state index >= 15 is 0 Å². The smallest absolute Gasteiger partial charge is 0.308 e. The molecule has 1 amide bonds. The van der Waals surface area contributed by atoms with Crippen LogP contribution in [0, 0.1) is 11.8 Å². The van der Waals surface area contributed by atoms with Crippen molar-refractivity contribution in [3.05, 3.63) is 30.3 Å². The molecule has 1 aromatic carbocycles. The molecule has 2 N–H and O–H groups in total. The van der Waals surface area contributed by atoms with Crippen molar-refractivity contribution in [2.75, 3.05) is 13.1 Å². The summed E-state index contributed by atoms with van der Waals surface area (Å²) in [5.74, 6) is -1.88. The molecule has 144 valence electrons. The molecule has 1 saturated heterocycles. The van der Waals surface area contributed by atoms with Crippen LogP contribution in [0.15, 0.2) is 35.2 Å². The van der Waals surface area contributed by atoms with Crippen LogP contribution in [0.4, 0.5) is 0 Å². The molecule has 2 atom stereocenters. The number of aliphatic carboxylic acids is 1. The zero-order valence-electron chi connectivity index (χ0n) is 15.1. The Morgan fingerprint density at radius 2 is 1.92 bits per heavy atom. The standard InChI is InChI=1S/C18H26N2O5S/c1-13(2)11-14(18(22)23)12-19-17(21)16-9-6-10-20(16)26(24,25)15-7-4-3-5-8-15/h3-5,7-8,13-14,16H,6,9-12H2,1-2H3,(H,19,21)(H,22,23). The van der Waals surface area contributed by atoms with Crippen molar-refractivity contribution in [1.29, 1.82) is 0 Å². The number of carbonyl (C=O) groups excluding carboxylic acids is 1. The molecule has 0 aliphatic carbocycles. The van der Waals surface area contributed by atoms with Crippen molar-refractivity contribution in [2.24, 2.45) is 11.8 Å². The number of sulfonamides is 1. The first-order chi connectivity index (χ1) is 12.2. The number of nitrogens with one attached hydrogen (secondary N) is 1. The van der Waals surface area contributed by atoms with E-state index in [1.54, 1.807) is 18.2 Å². The maximum atomic E-state index is 12.8. The van der Waals surface area contributed by atoms with Gasteiger partial charge in [0.25, 0.3) is 0 Å². The van der Waals surface area contributed by atoms with Crippen LogP contribution in [0.2, 0.25) is 0 Å². The number of carboxylic acid groups (broad SMARTS) is 1. The average Bonchev–Trinajstić information content (AvgIpc) is 3.09. The fourth-order valence-electron chi connectivity index (χ4n) is 3.20. The van der Waals surface area contributed by atoms with E-state index in [0.717, 1.165) is 0 Å². The zero-order chi connectivity index (χ0) is 19.3. The van der Waals surface area contributed by atoms with Crippen LogP contribution in [0.25, 0.3) is 0 Å². The molecule has 0 saturated carbocycles. The van der Waals surface area contributed by atoms with Crippen molar-refractivity contribution in [2.45, 2.75) is 44.0 Å². The Morgan fingerprint density at radius 3 is 2.50 bits per heavy atom. The molecule has 26 heavy (non-hydrogen) atoms. The predicted molar refractivity (Wildman–Crippen MR) is 96.9 cm³/mol. The molecule has 1 aromatic rings. The van der Waals surface area contributed by atoms with E-state index in [4.69, 9.17) is 0 Å². The second kappa shape index (κ2) is 8.64. The Balaban J connectivity index is 2.07. The third kappa shape index (κ3) is 4.82. The molecule has 0 aromatic heterocycles. The van der Waals surface area contributed by atoms with Crippen molar-refractivity contribution in [1.82, 2.24) is 9.62 Å². The average molecular weight is 382 g/mol. The Bertz CT molecular complexity index is 733. The van der Waals surface area contributed by atoms with Gasteiger partial charge in [-0.1, -0.05) is 32.0 Å². The van der Waals surface area contributed by atoms with Gasteiger partial charge < -0.3 is 10.4 Å². The minimum absolute atomic E-state index is 0.00205. The number of carboxylic acids is 1. The van der Waals surface area contributed by atoms with Gasteiger partial charge in [-0.15, -0.1) is 0 Å². The van der Waals surface area contributed by atoms with Gasteiger partial charge in [0.05, 0.1) is 10.8 Å². The van der Waals surface area contributed by atoms with Crippen LogP contribution in [-0.4, -0.2) is 48.8 Å². The van der Waals surface area contributed by atoms with Gasteiger partial charge in [0, 0.05) is 13.1 Å². The summed E-state index contributed by atoms with van der Waals surface area (Å²) < 4.78 is 26.8. The SMILES string of the molecule is CC(C)CC(CNC(=O)C1CCCN1S(=O)(=O)c1ccccc1)C(=O)O. The van der Waals surface area contributed by atoms with Crippen LogP contribution in [0.1, 0.15) is 33.1 Å². The molecule has 0 spiro atoms. The van der Waals surface area contributed by atoms with E-state index in [9.17, 15) is 23.1 Å². The Labute approximate surface area is 154 Å². The number of benzene rings is 1. The highest BCUT2D eigenvalue weighted by Gasteiger charge is 2.39. The number of carbonyl (C=O) groups is 2. The fraction of sp³-hybridized carbons (Fsp3) is 0.556. The topological polar surface area (TPSA) is 104 Å². The second-order valence-electron chi connectivity index (χ2n) is 7.00. The third-order valence-electron chi connectivity index (χ3n) is 4.48. The van der Waals surface area contributed by atoms with Crippen LogP contribution in [0.5, 0.6) is 0 Å². The van der Waals surface area contributed by atoms with E-state index < -0.39 is 33.9 Å². The molecule has 1 fully saturated rings. The summed E-state index contributed by atoms with van der Waals surface area (Å²) in [6.45, 7) is 4.12. The Hall–Kier alpha value is -1.93. The third-order valence-corrected chi connectivity index (χ3v) is 6.41. The highest BCUT2D eigenvalue weighted by molar-refractivity contribution is 7.89. The molecule has 1 aliphatic rings. The van der Waals surface area contributed by atoms with E-state index in [2.05, 4.69) is 5.32 Å². The lowest BCUT2D eigenvalue weighted by atomic mass is 9.97. The number of hydrogen-bond donors (Lipinski definition) is 2. The minimum Gasteiger partial charge on any atom is -0.481 e. The van der Waals surface area contributed by atoms with Crippen molar-refractivity contribution in [3.63, 3.8) is 0 Å². The number of rotatable bonds is 8. The lowest BCUT2D eigenvalue weighted by Crippen LogP contribution is -2.47. The molecule has 0 bridgehead atoms. The van der Waals surface area contributed by atoms with Gasteiger partial charge in [0.15, 0.2) is 0 Å². The molecule has 0 radical (unpaired) electrons. The monoisotopic (exact) mass is 382 g/mol. The number of amides is 1. The van der Waals surface area contributed by atoms with Crippen molar-refractivity contribution < 1.29 is 23.1 Å². The summed E-state index contributed by atoms with van der Waals surface area (Å²) in [6.07, 6.45) is 1.48. The predicted octanol–water partition coefficient (Wildman–Crippen LogP) is 1.70. The zero-order valence-corrected chi connectivity index (χ0v) is 15.9. The van der Waals surface area contributed by atoms with Crippen LogP contribution >= 0.6 is 0 Å². The molecular formula is C18H26N2O5S. The van der Waals surface area contributed by atoms with Crippen LogP contribution in [0.3, 0.4) is 0 Å². The molecule has 1 heterocycles. The van der Waals surface area contributed by atoms with Crippen molar-refractivity contribution >= 4 is 21.9 Å². The van der Waals surface area contributed by atoms with E-state index in [1.165, 1.54) is 16.4 Å². The highest BCUT2D eigenvalue weighted by Crippen LogP contribution is 2.26. The number of hydrogen-bond acceptors (Lipinski definition) is 4. The number of nitrogens with zero attached hydrogens (tertiary/aromatic N) is 1. The molecule has 8 heteroatoms. The van der Waals surface area contributed by atoms with E-state index in [1.807, 2.05) is 13.8 Å². The van der Waals surface area contributed by atoms with Gasteiger partial charge in [-0.3, -0.25) is 9.59 Å². The van der Waals surface area contributed by atoms with Gasteiger partial charge in [-0.2, -0.15) is 4.31 Å². The summed E-state index contributed by atoms with van der Waals surface area (Å²) in [6, 6.07) is 7.22. The summed E-state index contributed by atoms with van der Waals surface area (Å²) in [4.78, 5) is 24.0. The Morgan fingerprint density at radius 1 is 1.27 bits per heavy atom. The molecule has 1 aliphatic heterocycles. The first kappa shape index (κ1) is 20.4. The molecule has 2 unspecified atom stereocenters. The second-order valence-corrected chi connectivity index (χ2v) is 8.89. The van der Waals surface area contributed by atoms with Gasteiger partial charge in [0.2, 0.25) is 15.9 Å². The molecule has 7 nitrogen and oxygen atoms in total. The highest BCUT2D eigenvalue weighted by atomic mass is 32.2. The van der Waals surface area contributed by atoms with Gasteiger partial charge in [-0.05, 0) is 37.3 Å². The first-order valence-electron chi connectivity index (χ1n) is 8.81. The maximum absolute atomic E-state index is 12.8. The van der Waals surface area contributed by atoms with E-state index in [-0.39, 0.29) is 23.9 Å². The summed E-state index contributed by atoms with van der Waals surface area (Å²) in [5, 5.41) is 11.9. The van der Waals surface area contributed by atoms with Gasteiger partial charge in [0.1, 0.15) is 6.04 Å². The van der Waals surface area contributed by atoms with Crippen molar-refractivity contribution in [3.8, 4) is 0 Å². The summed E-state index contributed by atoms with van der Waals surface area (Å²) in [5.41, 5.74) is 0. The fourth-order valence-corrected chi connectivity index (χ4v) is 4.88. The largest absolute Gasteiger partial charge is 0.481 e. The normalized spacial score (nSPS) is 19.4. The molecular weight excluding hydrogens is 356 g/mol. The van der Waals surface area contributed by atoms with Crippen LogP contribution < -0.4 is 5.32 Å². The summed E-state index contributed by atoms with van der Waals surface area (Å²) >= 11 is 0. The maximum Gasteiger partial charge on any atom is 0.308 e. The lowest BCUT2D eigenvalue weighted by molar-refractivity contribution is -0.142. The first-order valence-corrected chi connectivity index (χ1v) is 10.2. The minimum atomic E-state index is -3.75. The van der Waals surface area contributed by atoms with E-state index in [0.29, 0.717) is 19.3 Å². The van der Waals surface area contributed by atoms with Gasteiger partial charge >= 0.3 is 5.97 Å². The molecule has 2 rings (SSSR count). The lowest BCUT2D eigenvalue weighted by Gasteiger charge is -2.24.